The normalized spacial score (nSPS) is 19.1. The molecule has 2 aliphatic rings. The average Bonchev–Trinajstić information content (AvgIpc) is 3.20. The first-order valence-electron chi connectivity index (χ1n) is 10.5. The van der Waals surface area contributed by atoms with E-state index in [1.54, 1.807) is 24.4 Å². The Bertz CT molecular complexity index is 1050. The molecule has 0 bridgehead atoms. The molecule has 0 aliphatic carbocycles. The number of rotatable bonds is 6. The SMILES string of the molecule is CC1(C)OCC(COc2ccnc(C[S@+]([O-])c3nc4cc5c(cc4[nH]3)OCCO5)c2)CO1. The fourth-order valence-corrected chi connectivity index (χ4v) is 4.48. The summed E-state index contributed by atoms with van der Waals surface area (Å²) in [6.45, 7) is 6.45. The van der Waals surface area contributed by atoms with Crippen LogP contribution in [0.25, 0.3) is 11.0 Å². The Hall–Kier alpha value is -2.53. The number of fused-ring (bicyclic) bond motifs is 2. The van der Waals surface area contributed by atoms with E-state index < -0.39 is 17.0 Å². The van der Waals surface area contributed by atoms with Gasteiger partial charge in [0.05, 0.1) is 36.5 Å². The molecule has 170 valence electrons. The molecule has 2 aliphatic heterocycles. The van der Waals surface area contributed by atoms with E-state index >= 15 is 0 Å². The van der Waals surface area contributed by atoms with Crippen LogP contribution in [0.2, 0.25) is 0 Å². The maximum absolute atomic E-state index is 12.9. The number of ether oxygens (including phenoxy) is 5. The molecule has 0 spiro atoms. The van der Waals surface area contributed by atoms with Crippen LogP contribution in [0.5, 0.6) is 17.2 Å². The van der Waals surface area contributed by atoms with Gasteiger partial charge in [-0.25, -0.2) is 0 Å². The second kappa shape index (κ2) is 8.78. The number of imidazole rings is 1. The van der Waals surface area contributed by atoms with Gasteiger partial charge in [-0.3, -0.25) is 9.97 Å². The summed E-state index contributed by atoms with van der Waals surface area (Å²) in [5.74, 6) is 1.81. The van der Waals surface area contributed by atoms with Crippen molar-refractivity contribution >= 4 is 22.2 Å². The average molecular weight is 460 g/mol. The molecule has 2 aromatic heterocycles. The van der Waals surface area contributed by atoms with Gasteiger partial charge in [-0.05, 0) is 19.9 Å². The predicted octanol–water partition coefficient (Wildman–Crippen LogP) is 2.81. The van der Waals surface area contributed by atoms with Crippen molar-refractivity contribution in [3.05, 3.63) is 36.2 Å². The quantitative estimate of drug-likeness (QED) is 0.560. The highest BCUT2D eigenvalue weighted by Gasteiger charge is 2.28. The molecule has 0 saturated carbocycles. The van der Waals surface area contributed by atoms with Gasteiger partial charge in [0, 0.05) is 41.5 Å². The second-order valence-electron chi connectivity index (χ2n) is 8.23. The zero-order chi connectivity index (χ0) is 22.1. The molecule has 0 radical (unpaired) electrons. The van der Waals surface area contributed by atoms with Crippen LogP contribution in [-0.4, -0.2) is 58.3 Å². The first-order chi connectivity index (χ1) is 15.4. The van der Waals surface area contributed by atoms with Crippen molar-refractivity contribution in [2.45, 2.75) is 30.5 Å². The van der Waals surface area contributed by atoms with Gasteiger partial charge in [-0.2, -0.15) is 4.98 Å². The van der Waals surface area contributed by atoms with Crippen LogP contribution in [0.3, 0.4) is 0 Å². The lowest BCUT2D eigenvalue weighted by molar-refractivity contribution is -0.264. The molecule has 0 unspecified atom stereocenters. The zero-order valence-corrected chi connectivity index (χ0v) is 18.8. The Morgan fingerprint density at radius 1 is 1.16 bits per heavy atom. The van der Waals surface area contributed by atoms with Gasteiger partial charge in [0.1, 0.15) is 19.0 Å². The fraction of sp³-hybridized carbons (Fsp3) is 0.455. The van der Waals surface area contributed by atoms with Crippen LogP contribution in [0.4, 0.5) is 0 Å². The molecule has 1 saturated heterocycles. The largest absolute Gasteiger partial charge is 0.609 e. The Labute approximate surface area is 188 Å². The number of hydrogen-bond donors (Lipinski definition) is 1. The highest BCUT2D eigenvalue weighted by atomic mass is 32.2. The monoisotopic (exact) mass is 459 g/mol. The van der Waals surface area contributed by atoms with Crippen molar-refractivity contribution in [1.29, 1.82) is 0 Å². The van der Waals surface area contributed by atoms with Crippen LogP contribution in [-0.2, 0) is 26.4 Å². The highest BCUT2D eigenvalue weighted by molar-refractivity contribution is 7.90. The van der Waals surface area contributed by atoms with E-state index in [0.717, 1.165) is 5.52 Å². The third kappa shape index (κ3) is 4.78. The molecule has 1 N–H and O–H groups in total. The van der Waals surface area contributed by atoms with E-state index in [4.69, 9.17) is 23.7 Å². The summed E-state index contributed by atoms with van der Waals surface area (Å²) in [5.41, 5.74) is 2.09. The van der Waals surface area contributed by atoms with Crippen molar-refractivity contribution in [3.63, 3.8) is 0 Å². The van der Waals surface area contributed by atoms with Crippen LogP contribution in [0.15, 0.2) is 35.6 Å². The molecule has 10 heteroatoms. The van der Waals surface area contributed by atoms with Crippen LogP contribution in [0, 0.1) is 5.92 Å². The number of nitrogens with one attached hydrogen (secondary N) is 1. The van der Waals surface area contributed by atoms with E-state index in [9.17, 15) is 4.55 Å². The number of pyridine rings is 1. The lowest BCUT2D eigenvalue weighted by atomic mass is 10.1. The van der Waals surface area contributed by atoms with Crippen LogP contribution < -0.4 is 14.2 Å². The molecule has 5 rings (SSSR count). The number of aromatic amines is 1. The summed E-state index contributed by atoms with van der Waals surface area (Å²) in [7, 11) is 0. The highest BCUT2D eigenvalue weighted by Crippen LogP contribution is 2.34. The molecular weight excluding hydrogens is 434 g/mol. The third-order valence-corrected chi connectivity index (χ3v) is 6.41. The molecule has 3 aromatic rings. The Morgan fingerprint density at radius 3 is 2.69 bits per heavy atom. The van der Waals surface area contributed by atoms with Crippen LogP contribution >= 0.6 is 0 Å². The van der Waals surface area contributed by atoms with Crippen molar-refractivity contribution in [2.75, 3.05) is 33.0 Å². The minimum Gasteiger partial charge on any atom is -0.609 e. The van der Waals surface area contributed by atoms with E-state index in [-0.39, 0.29) is 11.7 Å². The van der Waals surface area contributed by atoms with Crippen molar-refractivity contribution in [2.24, 2.45) is 5.92 Å². The van der Waals surface area contributed by atoms with Gasteiger partial charge in [0.2, 0.25) is 0 Å². The Kier molecular flexibility index (Phi) is 5.85. The molecular formula is C22H25N3O6S. The number of hydrogen-bond acceptors (Lipinski definition) is 8. The number of H-pyrrole nitrogens is 1. The summed E-state index contributed by atoms with van der Waals surface area (Å²) < 4.78 is 41.3. The first-order valence-corrected chi connectivity index (χ1v) is 11.8. The van der Waals surface area contributed by atoms with Gasteiger partial charge in [0.15, 0.2) is 23.0 Å². The smallest absolute Gasteiger partial charge is 0.322 e. The Morgan fingerprint density at radius 2 is 1.91 bits per heavy atom. The molecule has 1 atom stereocenters. The maximum atomic E-state index is 12.9. The molecule has 1 fully saturated rings. The summed E-state index contributed by atoms with van der Waals surface area (Å²) in [5, 5.41) is 0.384. The number of nitrogens with zero attached hydrogens (tertiary/aromatic N) is 2. The van der Waals surface area contributed by atoms with Gasteiger partial charge in [-0.1, -0.05) is 0 Å². The van der Waals surface area contributed by atoms with Gasteiger partial charge in [0.25, 0.3) is 0 Å². The minimum atomic E-state index is -1.40. The fourth-order valence-electron chi connectivity index (χ4n) is 3.50. The predicted molar refractivity (Wildman–Crippen MR) is 116 cm³/mol. The summed E-state index contributed by atoms with van der Waals surface area (Å²) in [6, 6.07) is 7.21. The van der Waals surface area contributed by atoms with Gasteiger partial charge >= 0.3 is 5.16 Å². The summed E-state index contributed by atoms with van der Waals surface area (Å²) in [4.78, 5) is 11.9. The van der Waals surface area contributed by atoms with E-state index in [1.807, 2.05) is 19.9 Å². The molecule has 4 heterocycles. The van der Waals surface area contributed by atoms with E-state index in [2.05, 4.69) is 15.0 Å². The van der Waals surface area contributed by atoms with Gasteiger partial charge < -0.3 is 28.2 Å². The lowest BCUT2D eigenvalue weighted by Crippen LogP contribution is -2.41. The topological polar surface area (TPSA) is 111 Å². The molecule has 9 nitrogen and oxygen atoms in total. The second-order valence-corrected chi connectivity index (χ2v) is 9.59. The standard InChI is InChI=1S/C22H25N3O6S/c1-22(2)30-11-14(12-31-22)10-29-16-3-4-23-15(7-16)13-32(26)21-24-17-8-19-20(9-18(17)25-21)28-6-5-27-19/h3-4,7-9,14H,5-6,10-13H2,1-2H3,(H,24,25)/t32-/m0/s1. The third-order valence-electron chi connectivity index (χ3n) is 5.23. The molecule has 1 aromatic carbocycles. The summed E-state index contributed by atoms with van der Waals surface area (Å²) >= 11 is -1.40. The molecule has 32 heavy (non-hydrogen) atoms. The number of aromatic nitrogens is 3. The Balaban J connectivity index is 1.22. The van der Waals surface area contributed by atoms with Crippen molar-refractivity contribution in [1.82, 2.24) is 15.0 Å². The number of benzene rings is 1. The van der Waals surface area contributed by atoms with Crippen molar-refractivity contribution < 1.29 is 28.2 Å². The lowest BCUT2D eigenvalue weighted by Gasteiger charge is -2.34. The molecule has 0 amide bonds. The van der Waals surface area contributed by atoms with E-state index in [1.165, 1.54) is 0 Å². The van der Waals surface area contributed by atoms with Crippen molar-refractivity contribution in [3.8, 4) is 17.2 Å². The minimum absolute atomic E-state index is 0.156. The van der Waals surface area contributed by atoms with Crippen LogP contribution in [0.1, 0.15) is 19.5 Å². The first kappa shape index (κ1) is 21.3. The van der Waals surface area contributed by atoms with E-state index in [0.29, 0.717) is 66.7 Å². The van der Waals surface area contributed by atoms with Gasteiger partial charge in [-0.15, -0.1) is 0 Å². The summed E-state index contributed by atoms with van der Waals surface area (Å²) in [6.07, 6.45) is 1.65. The zero-order valence-electron chi connectivity index (χ0n) is 18.0. The maximum Gasteiger partial charge on any atom is 0.322 e.